The Morgan fingerprint density at radius 3 is 2.57 bits per heavy atom. The maximum atomic E-state index is 12.4. The third kappa shape index (κ3) is 2.72. The maximum absolute atomic E-state index is 12.4. The topological polar surface area (TPSA) is 51.5 Å². The minimum absolute atomic E-state index is 0.121. The molecule has 0 aliphatic heterocycles. The largest absolute Gasteiger partial charge is 0.508 e. The van der Waals surface area contributed by atoms with Crippen molar-refractivity contribution >= 4 is 32.8 Å². The number of halogens is 1. The molecule has 0 amide bonds. The van der Waals surface area contributed by atoms with Crippen LogP contribution >= 0.6 is 15.9 Å². The lowest BCUT2D eigenvalue weighted by atomic mass is 10.1. The number of phenols is 1. The monoisotopic (exact) mass is 373 g/mol. The summed E-state index contributed by atoms with van der Waals surface area (Å²) in [6.07, 6.45) is 0. The Balaban J connectivity index is 2.32. The van der Waals surface area contributed by atoms with Gasteiger partial charge in [-0.15, -0.1) is 0 Å². The van der Waals surface area contributed by atoms with E-state index in [0.29, 0.717) is 17.6 Å². The molecule has 1 heterocycles. The molecule has 0 saturated heterocycles. The summed E-state index contributed by atoms with van der Waals surface area (Å²) in [5, 5.41) is 10.5. The quantitative estimate of drug-likeness (QED) is 0.683. The summed E-state index contributed by atoms with van der Waals surface area (Å²) in [4.78, 5) is 12.4. The molecule has 0 unspecified atom stereocenters. The Morgan fingerprint density at radius 1 is 1.22 bits per heavy atom. The van der Waals surface area contributed by atoms with Gasteiger partial charge in [0.2, 0.25) is 0 Å². The number of carbonyl (C=O) groups is 1. The molecule has 0 bridgehead atoms. The van der Waals surface area contributed by atoms with Gasteiger partial charge in [-0.05, 0) is 56.3 Å². The minimum Gasteiger partial charge on any atom is -0.508 e. The predicted octanol–water partition coefficient (Wildman–Crippen LogP) is 4.58. The van der Waals surface area contributed by atoms with E-state index < -0.39 is 0 Å². The van der Waals surface area contributed by atoms with Gasteiger partial charge in [-0.2, -0.15) is 0 Å². The van der Waals surface area contributed by atoms with Gasteiger partial charge in [0.15, 0.2) is 0 Å². The summed E-state index contributed by atoms with van der Waals surface area (Å²) in [5.74, 6) is -0.257. The molecule has 118 valence electrons. The third-order valence-electron chi connectivity index (χ3n) is 3.75. The number of fused-ring (bicyclic) bond motifs is 1. The molecule has 23 heavy (non-hydrogen) atoms. The van der Waals surface area contributed by atoms with E-state index in [1.54, 1.807) is 19.1 Å². The Kier molecular flexibility index (Phi) is 4.13. The SMILES string of the molecule is CCOC(=O)c1c(C)n(-c2ccc(Br)cc2)c2ccc(O)cc12. The zero-order valence-electron chi connectivity index (χ0n) is 12.8. The van der Waals surface area contributed by atoms with Crippen LogP contribution in [0.15, 0.2) is 46.9 Å². The van der Waals surface area contributed by atoms with Crippen LogP contribution in [0.5, 0.6) is 5.75 Å². The predicted molar refractivity (Wildman–Crippen MR) is 93.3 cm³/mol. The van der Waals surface area contributed by atoms with Crippen LogP contribution in [-0.4, -0.2) is 22.2 Å². The van der Waals surface area contributed by atoms with Crippen LogP contribution in [0.4, 0.5) is 0 Å². The lowest BCUT2D eigenvalue weighted by molar-refractivity contribution is 0.0527. The summed E-state index contributed by atoms with van der Waals surface area (Å²) in [6, 6.07) is 12.9. The van der Waals surface area contributed by atoms with Gasteiger partial charge in [0.25, 0.3) is 0 Å². The summed E-state index contributed by atoms with van der Waals surface area (Å²) >= 11 is 3.43. The first-order valence-corrected chi connectivity index (χ1v) is 8.09. The highest BCUT2D eigenvalue weighted by Crippen LogP contribution is 2.32. The maximum Gasteiger partial charge on any atom is 0.340 e. The number of rotatable bonds is 3. The van der Waals surface area contributed by atoms with E-state index in [-0.39, 0.29) is 11.7 Å². The number of esters is 1. The first-order chi connectivity index (χ1) is 11.0. The van der Waals surface area contributed by atoms with Crippen LogP contribution in [0.1, 0.15) is 23.0 Å². The first kappa shape index (κ1) is 15.6. The smallest absolute Gasteiger partial charge is 0.340 e. The highest BCUT2D eigenvalue weighted by molar-refractivity contribution is 9.10. The highest BCUT2D eigenvalue weighted by atomic mass is 79.9. The van der Waals surface area contributed by atoms with E-state index in [2.05, 4.69) is 15.9 Å². The van der Waals surface area contributed by atoms with Crippen LogP contribution in [0.25, 0.3) is 16.6 Å². The minimum atomic E-state index is -0.378. The molecule has 0 fully saturated rings. The van der Waals surface area contributed by atoms with Crippen molar-refractivity contribution in [2.45, 2.75) is 13.8 Å². The third-order valence-corrected chi connectivity index (χ3v) is 4.28. The fraction of sp³-hybridized carbons (Fsp3) is 0.167. The van der Waals surface area contributed by atoms with Gasteiger partial charge in [-0.3, -0.25) is 0 Å². The zero-order valence-corrected chi connectivity index (χ0v) is 14.4. The Labute approximate surface area is 142 Å². The molecule has 1 aromatic heterocycles. The Bertz CT molecular complexity index is 881. The fourth-order valence-corrected chi connectivity index (χ4v) is 3.05. The second-order valence-electron chi connectivity index (χ2n) is 5.19. The van der Waals surface area contributed by atoms with Crippen LogP contribution in [0, 0.1) is 6.92 Å². The van der Waals surface area contributed by atoms with Crippen molar-refractivity contribution in [3.63, 3.8) is 0 Å². The second-order valence-corrected chi connectivity index (χ2v) is 6.11. The van der Waals surface area contributed by atoms with Crippen LogP contribution < -0.4 is 0 Å². The second kappa shape index (κ2) is 6.08. The highest BCUT2D eigenvalue weighted by Gasteiger charge is 2.22. The molecule has 0 aliphatic rings. The number of carbonyl (C=O) groups excluding carboxylic acids is 1. The van der Waals surface area contributed by atoms with Gasteiger partial charge in [-0.25, -0.2) is 4.79 Å². The van der Waals surface area contributed by atoms with Crippen molar-refractivity contribution in [1.82, 2.24) is 4.57 Å². The number of phenolic OH excluding ortho intramolecular Hbond substituents is 1. The average molecular weight is 374 g/mol. The normalized spacial score (nSPS) is 10.9. The van der Waals surface area contributed by atoms with Crippen molar-refractivity contribution in [2.24, 2.45) is 0 Å². The molecule has 0 spiro atoms. The van der Waals surface area contributed by atoms with E-state index in [4.69, 9.17) is 4.74 Å². The van der Waals surface area contributed by atoms with Gasteiger partial charge < -0.3 is 14.4 Å². The van der Waals surface area contributed by atoms with Crippen molar-refractivity contribution < 1.29 is 14.6 Å². The molecule has 4 nitrogen and oxygen atoms in total. The lowest BCUT2D eigenvalue weighted by Gasteiger charge is -2.09. The molecule has 0 aliphatic carbocycles. The molecule has 5 heteroatoms. The number of hydrogen-bond acceptors (Lipinski definition) is 3. The van der Waals surface area contributed by atoms with E-state index in [1.807, 2.05) is 41.8 Å². The van der Waals surface area contributed by atoms with Crippen molar-refractivity contribution in [3.05, 3.63) is 58.2 Å². The Morgan fingerprint density at radius 2 is 1.91 bits per heavy atom. The average Bonchev–Trinajstić information content (AvgIpc) is 2.80. The van der Waals surface area contributed by atoms with Crippen molar-refractivity contribution in [1.29, 1.82) is 0 Å². The number of ether oxygens (including phenoxy) is 1. The number of aromatic nitrogens is 1. The first-order valence-electron chi connectivity index (χ1n) is 7.30. The van der Waals surface area contributed by atoms with Gasteiger partial charge in [-0.1, -0.05) is 15.9 Å². The van der Waals surface area contributed by atoms with Crippen molar-refractivity contribution in [3.8, 4) is 11.4 Å². The molecule has 0 atom stereocenters. The van der Waals surface area contributed by atoms with Crippen LogP contribution in [-0.2, 0) is 4.74 Å². The van der Waals surface area contributed by atoms with Crippen LogP contribution in [0.2, 0.25) is 0 Å². The van der Waals surface area contributed by atoms with E-state index in [0.717, 1.165) is 21.4 Å². The summed E-state index contributed by atoms with van der Waals surface area (Å²) < 4.78 is 8.16. The summed E-state index contributed by atoms with van der Waals surface area (Å²) in [5.41, 5.74) is 3.06. The zero-order chi connectivity index (χ0) is 16.6. The van der Waals surface area contributed by atoms with Gasteiger partial charge in [0, 0.05) is 21.2 Å². The fourth-order valence-electron chi connectivity index (χ4n) is 2.79. The molecule has 0 saturated carbocycles. The number of hydrogen-bond donors (Lipinski definition) is 1. The molecule has 1 N–H and O–H groups in total. The summed E-state index contributed by atoms with van der Waals surface area (Å²) in [6.45, 7) is 3.96. The van der Waals surface area contributed by atoms with Gasteiger partial charge in [0.05, 0.1) is 17.7 Å². The van der Waals surface area contributed by atoms with E-state index >= 15 is 0 Å². The number of benzene rings is 2. The number of aromatic hydroxyl groups is 1. The summed E-state index contributed by atoms with van der Waals surface area (Å²) in [7, 11) is 0. The molecule has 3 aromatic rings. The lowest BCUT2D eigenvalue weighted by Crippen LogP contribution is -2.07. The standard InChI is InChI=1S/C18H16BrNO3/c1-3-23-18(22)17-11(2)20(13-6-4-12(19)5-7-13)16-9-8-14(21)10-15(16)17/h4-10,21H,3H2,1-2H3. The molecule has 0 radical (unpaired) electrons. The van der Waals surface area contributed by atoms with Crippen LogP contribution in [0.3, 0.4) is 0 Å². The van der Waals surface area contributed by atoms with Gasteiger partial charge in [0.1, 0.15) is 5.75 Å². The molecular weight excluding hydrogens is 358 g/mol. The van der Waals surface area contributed by atoms with Crippen molar-refractivity contribution in [2.75, 3.05) is 6.61 Å². The Hall–Kier alpha value is -2.27. The molecular formula is C18H16BrNO3. The molecule has 2 aromatic carbocycles. The number of nitrogens with zero attached hydrogens (tertiary/aromatic N) is 1. The van der Waals surface area contributed by atoms with Gasteiger partial charge >= 0.3 is 5.97 Å². The van der Waals surface area contributed by atoms with E-state index in [1.165, 1.54) is 0 Å². The molecule has 3 rings (SSSR count). The van der Waals surface area contributed by atoms with E-state index in [9.17, 15) is 9.90 Å².